The Labute approximate surface area is 99.9 Å². The smallest absolute Gasteiger partial charge is 0.0661 e. The first-order valence-electron chi connectivity index (χ1n) is 7.17. The first kappa shape index (κ1) is 12.4. The van der Waals surface area contributed by atoms with Crippen molar-refractivity contribution in [2.24, 2.45) is 11.1 Å². The Morgan fingerprint density at radius 2 is 1.94 bits per heavy atom. The van der Waals surface area contributed by atoms with Crippen LogP contribution in [0, 0.1) is 5.41 Å². The summed E-state index contributed by atoms with van der Waals surface area (Å²) in [4.78, 5) is 0. The highest BCUT2D eigenvalue weighted by molar-refractivity contribution is 5.07. The molecule has 0 radical (unpaired) electrons. The summed E-state index contributed by atoms with van der Waals surface area (Å²) in [5, 5.41) is 0. The molecule has 0 heterocycles. The van der Waals surface area contributed by atoms with Crippen LogP contribution in [0.15, 0.2) is 0 Å². The average molecular weight is 225 g/mol. The fourth-order valence-electron chi connectivity index (χ4n) is 3.49. The molecule has 2 fully saturated rings. The van der Waals surface area contributed by atoms with Crippen LogP contribution in [0.1, 0.15) is 64.7 Å². The van der Waals surface area contributed by atoms with Gasteiger partial charge in [-0.1, -0.05) is 39.0 Å². The van der Waals surface area contributed by atoms with E-state index in [2.05, 4.69) is 6.92 Å². The summed E-state index contributed by atoms with van der Waals surface area (Å²) in [6.07, 6.45) is 12.1. The van der Waals surface area contributed by atoms with Crippen molar-refractivity contribution in [1.82, 2.24) is 0 Å². The van der Waals surface area contributed by atoms with E-state index < -0.39 is 0 Å². The summed E-state index contributed by atoms with van der Waals surface area (Å²) in [5.41, 5.74) is 6.61. The van der Waals surface area contributed by atoms with Gasteiger partial charge in [0, 0.05) is 18.1 Å². The molecule has 0 aliphatic heterocycles. The molecule has 2 heteroatoms. The Hall–Kier alpha value is -0.0800. The van der Waals surface area contributed by atoms with Crippen molar-refractivity contribution in [3.8, 4) is 0 Å². The van der Waals surface area contributed by atoms with E-state index in [1.165, 1.54) is 51.4 Å². The SMILES string of the molecule is CCCCCOC1CC(N)C12CCCCC2. The van der Waals surface area contributed by atoms with Crippen LogP contribution < -0.4 is 5.73 Å². The standard InChI is InChI=1S/C14H27NO/c1-2-3-7-10-16-13-11-12(15)14(13)8-5-4-6-9-14/h12-13H,2-11,15H2,1H3. The first-order valence-corrected chi connectivity index (χ1v) is 7.17. The molecule has 2 N–H and O–H groups in total. The van der Waals surface area contributed by atoms with Gasteiger partial charge in [-0.2, -0.15) is 0 Å². The van der Waals surface area contributed by atoms with Crippen LogP contribution in [0.25, 0.3) is 0 Å². The summed E-state index contributed by atoms with van der Waals surface area (Å²) >= 11 is 0. The molecule has 16 heavy (non-hydrogen) atoms. The van der Waals surface area contributed by atoms with E-state index in [0.29, 0.717) is 17.6 Å². The lowest BCUT2D eigenvalue weighted by Crippen LogP contribution is -2.62. The van der Waals surface area contributed by atoms with Crippen molar-refractivity contribution in [2.75, 3.05) is 6.61 Å². The predicted molar refractivity (Wildman–Crippen MR) is 67.4 cm³/mol. The van der Waals surface area contributed by atoms with Gasteiger partial charge in [0.25, 0.3) is 0 Å². The summed E-state index contributed by atoms with van der Waals surface area (Å²) < 4.78 is 6.06. The molecule has 2 rings (SSSR count). The molecule has 0 saturated heterocycles. The summed E-state index contributed by atoms with van der Waals surface area (Å²) in [5.74, 6) is 0. The van der Waals surface area contributed by atoms with Gasteiger partial charge in [0.1, 0.15) is 0 Å². The molecule has 2 atom stereocenters. The fraction of sp³-hybridized carbons (Fsp3) is 1.00. The third-order valence-corrected chi connectivity index (χ3v) is 4.70. The number of hydrogen-bond donors (Lipinski definition) is 1. The maximum atomic E-state index is 6.23. The molecule has 2 nitrogen and oxygen atoms in total. The second kappa shape index (κ2) is 5.50. The van der Waals surface area contributed by atoms with Gasteiger partial charge in [-0.05, 0) is 25.7 Å². The number of hydrogen-bond acceptors (Lipinski definition) is 2. The number of ether oxygens (including phenoxy) is 1. The van der Waals surface area contributed by atoms with Gasteiger partial charge in [-0.15, -0.1) is 0 Å². The van der Waals surface area contributed by atoms with Crippen molar-refractivity contribution in [2.45, 2.75) is 76.9 Å². The minimum Gasteiger partial charge on any atom is -0.378 e. The van der Waals surface area contributed by atoms with Gasteiger partial charge in [-0.25, -0.2) is 0 Å². The van der Waals surface area contributed by atoms with E-state index in [1.807, 2.05) is 0 Å². The van der Waals surface area contributed by atoms with Crippen LogP contribution in [0.5, 0.6) is 0 Å². The Morgan fingerprint density at radius 3 is 2.56 bits per heavy atom. The highest BCUT2D eigenvalue weighted by atomic mass is 16.5. The third-order valence-electron chi connectivity index (χ3n) is 4.70. The number of nitrogens with two attached hydrogens (primary N) is 1. The largest absolute Gasteiger partial charge is 0.378 e. The number of rotatable bonds is 5. The summed E-state index contributed by atoms with van der Waals surface area (Å²) in [7, 11) is 0. The first-order chi connectivity index (χ1) is 7.79. The molecular formula is C14H27NO. The predicted octanol–water partition coefficient (Wildman–Crippen LogP) is 3.24. The molecule has 0 amide bonds. The highest BCUT2D eigenvalue weighted by Gasteiger charge is 2.53. The van der Waals surface area contributed by atoms with Crippen molar-refractivity contribution < 1.29 is 4.74 Å². The summed E-state index contributed by atoms with van der Waals surface area (Å²) in [6.45, 7) is 3.19. The molecular weight excluding hydrogens is 198 g/mol. The second-order valence-corrected chi connectivity index (χ2v) is 5.70. The van der Waals surface area contributed by atoms with Crippen LogP contribution >= 0.6 is 0 Å². The lowest BCUT2D eigenvalue weighted by molar-refractivity contribution is -0.143. The lowest BCUT2D eigenvalue weighted by Gasteiger charge is -2.56. The summed E-state index contributed by atoms with van der Waals surface area (Å²) in [6, 6.07) is 0.420. The van der Waals surface area contributed by atoms with Crippen LogP contribution in [-0.4, -0.2) is 18.8 Å². The average Bonchev–Trinajstić information content (AvgIpc) is 2.34. The molecule has 1 spiro atoms. The minimum absolute atomic E-state index is 0.379. The topological polar surface area (TPSA) is 35.2 Å². The second-order valence-electron chi connectivity index (χ2n) is 5.70. The molecule has 0 aromatic rings. The van der Waals surface area contributed by atoms with Crippen LogP contribution in [0.2, 0.25) is 0 Å². The van der Waals surface area contributed by atoms with E-state index in [9.17, 15) is 0 Å². The van der Waals surface area contributed by atoms with Crippen LogP contribution in [-0.2, 0) is 4.74 Å². The molecule has 0 bridgehead atoms. The van der Waals surface area contributed by atoms with Crippen molar-refractivity contribution >= 4 is 0 Å². The van der Waals surface area contributed by atoms with E-state index >= 15 is 0 Å². The zero-order valence-electron chi connectivity index (χ0n) is 10.7. The van der Waals surface area contributed by atoms with Gasteiger partial charge >= 0.3 is 0 Å². The minimum atomic E-state index is 0.379. The van der Waals surface area contributed by atoms with Crippen molar-refractivity contribution in [3.63, 3.8) is 0 Å². The van der Waals surface area contributed by atoms with Gasteiger partial charge in [0.15, 0.2) is 0 Å². The lowest BCUT2D eigenvalue weighted by atomic mass is 9.55. The van der Waals surface area contributed by atoms with E-state index in [4.69, 9.17) is 10.5 Å². The normalized spacial score (nSPS) is 32.6. The highest BCUT2D eigenvalue weighted by Crippen LogP contribution is 2.52. The van der Waals surface area contributed by atoms with E-state index in [1.54, 1.807) is 0 Å². The molecule has 0 aromatic heterocycles. The van der Waals surface area contributed by atoms with Gasteiger partial charge in [0.2, 0.25) is 0 Å². The van der Waals surface area contributed by atoms with E-state index in [-0.39, 0.29) is 0 Å². The number of unbranched alkanes of at least 4 members (excludes halogenated alkanes) is 2. The van der Waals surface area contributed by atoms with Crippen LogP contribution in [0.3, 0.4) is 0 Å². The monoisotopic (exact) mass is 225 g/mol. The maximum absolute atomic E-state index is 6.23. The van der Waals surface area contributed by atoms with Gasteiger partial charge < -0.3 is 10.5 Å². The molecule has 2 unspecified atom stereocenters. The quantitative estimate of drug-likeness (QED) is 0.729. The Morgan fingerprint density at radius 1 is 1.19 bits per heavy atom. The Kier molecular flexibility index (Phi) is 4.26. The third kappa shape index (κ3) is 2.28. The zero-order valence-corrected chi connectivity index (χ0v) is 10.7. The van der Waals surface area contributed by atoms with Gasteiger partial charge in [-0.3, -0.25) is 0 Å². The van der Waals surface area contributed by atoms with Crippen molar-refractivity contribution in [1.29, 1.82) is 0 Å². The zero-order chi connectivity index (χ0) is 11.4. The molecule has 0 aromatic carbocycles. The molecule has 94 valence electrons. The molecule has 2 aliphatic rings. The molecule has 2 aliphatic carbocycles. The Bertz CT molecular complexity index is 211. The Balaban J connectivity index is 1.77. The van der Waals surface area contributed by atoms with Crippen molar-refractivity contribution in [3.05, 3.63) is 0 Å². The maximum Gasteiger partial charge on any atom is 0.0661 e. The van der Waals surface area contributed by atoms with Crippen LogP contribution in [0.4, 0.5) is 0 Å². The van der Waals surface area contributed by atoms with E-state index in [0.717, 1.165) is 13.0 Å². The fourth-order valence-corrected chi connectivity index (χ4v) is 3.49. The molecule has 2 saturated carbocycles. The van der Waals surface area contributed by atoms with Gasteiger partial charge in [0.05, 0.1) is 6.10 Å².